The summed E-state index contributed by atoms with van der Waals surface area (Å²) in [5.41, 5.74) is 1.96. The van der Waals surface area contributed by atoms with Crippen LogP contribution in [0.3, 0.4) is 0 Å². The minimum Gasteiger partial charge on any atom is -0.385 e. The first-order valence-electron chi connectivity index (χ1n) is 7.78. The van der Waals surface area contributed by atoms with Crippen molar-refractivity contribution in [3.8, 4) is 0 Å². The smallest absolute Gasteiger partial charge is 0.273 e. The van der Waals surface area contributed by atoms with Crippen LogP contribution < -0.4 is 10.2 Å². The Morgan fingerprint density at radius 2 is 1.95 bits per heavy atom. The van der Waals surface area contributed by atoms with Gasteiger partial charge in [0.25, 0.3) is 5.69 Å². The molecule has 1 fully saturated rings. The molecule has 1 heterocycles. The van der Waals surface area contributed by atoms with E-state index in [9.17, 15) is 10.1 Å². The third-order valence-corrected chi connectivity index (χ3v) is 3.93. The number of rotatable bonds is 5. The Bertz CT molecular complexity index is 494. The molecule has 1 aliphatic heterocycles. The van der Waals surface area contributed by atoms with E-state index in [-0.39, 0.29) is 10.6 Å². The van der Waals surface area contributed by atoms with Gasteiger partial charge in [-0.05, 0) is 30.7 Å². The van der Waals surface area contributed by atoms with Crippen molar-refractivity contribution in [3.05, 3.63) is 28.3 Å². The lowest BCUT2D eigenvalue weighted by molar-refractivity contribution is -0.384. The highest BCUT2D eigenvalue weighted by Crippen LogP contribution is 2.31. The number of hydrogen-bond donors (Lipinski definition) is 1. The van der Waals surface area contributed by atoms with Gasteiger partial charge in [0.2, 0.25) is 0 Å². The Labute approximate surface area is 126 Å². The van der Waals surface area contributed by atoms with Crippen LogP contribution in [0.25, 0.3) is 0 Å². The van der Waals surface area contributed by atoms with Gasteiger partial charge < -0.3 is 10.2 Å². The summed E-state index contributed by atoms with van der Waals surface area (Å²) in [6, 6.07) is 5.35. The van der Waals surface area contributed by atoms with Crippen molar-refractivity contribution in [2.45, 2.75) is 33.6 Å². The molecule has 1 N–H and O–H groups in total. The predicted molar refractivity (Wildman–Crippen MR) is 87.0 cm³/mol. The van der Waals surface area contributed by atoms with Gasteiger partial charge in [0.15, 0.2) is 0 Å². The van der Waals surface area contributed by atoms with E-state index in [1.807, 2.05) is 6.07 Å². The number of nitro benzene ring substituents is 1. The van der Waals surface area contributed by atoms with Gasteiger partial charge in [0, 0.05) is 43.1 Å². The zero-order chi connectivity index (χ0) is 15.4. The Morgan fingerprint density at radius 1 is 1.29 bits per heavy atom. The summed E-state index contributed by atoms with van der Waals surface area (Å²) < 4.78 is 0. The summed E-state index contributed by atoms with van der Waals surface area (Å²) in [5, 5.41) is 14.4. The van der Waals surface area contributed by atoms with Crippen LogP contribution in [0.4, 0.5) is 17.1 Å². The summed E-state index contributed by atoms with van der Waals surface area (Å²) in [6.07, 6.45) is 2.22. The van der Waals surface area contributed by atoms with E-state index in [2.05, 4.69) is 31.0 Å². The van der Waals surface area contributed by atoms with E-state index < -0.39 is 0 Å². The van der Waals surface area contributed by atoms with Gasteiger partial charge in [0.05, 0.1) is 4.92 Å². The first-order valence-corrected chi connectivity index (χ1v) is 7.78. The molecule has 1 aliphatic rings. The van der Waals surface area contributed by atoms with Crippen molar-refractivity contribution in [2.24, 2.45) is 11.8 Å². The number of anilines is 2. The Morgan fingerprint density at radius 3 is 2.52 bits per heavy atom. The molecular weight excluding hydrogens is 266 g/mol. The molecule has 0 saturated carbocycles. The van der Waals surface area contributed by atoms with Crippen LogP contribution in [-0.2, 0) is 0 Å². The van der Waals surface area contributed by atoms with Gasteiger partial charge in [-0.3, -0.25) is 10.1 Å². The van der Waals surface area contributed by atoms with Gasteiger partial charge in [-0.15, -0.1) is 0 Å². The van der Waals surface area contributed by atoms with E-state index in [0.29, 0.717) is 11.8 Å². The fraction of sp³-hybridized carbons (Fsp3) is 0.625. The lowest BCUT2D eigenvalue weighted by Gasteiger charge is -2.36. The second-order valence-corrected chi connectivity index (χ2v) is 6.27. The second-order valence-electron chi connectivity index (χ2n) is 6.27. The third kappa shape index (κ3) is 4.09. The summed E-state index contributed by atoms with van der Waals surface area (Å²) in [6.45, 7) is 9.34. The van der Waals surface area contributed by atoms with Crippen molar-refractivity contribution < 1.29 is 4.92 Å². The highest BCUT2D eigenvalue weighted by Gasteiger charge is 2.23. The molecule has 0 aliphatic carbocycles. The van der Waals surface area contributed by atoms with Crippen molar-refractivity contribution in [1.29, 1.82) is 0 Å². The molecular formula is C16H25N3O2. The van der Waals surface area contributed by atoms with Crippen LogP contribution in [0.5, 0.6) is 0 Å². The Balaban J connectivity index is 2.28. The van der Waals surface area contributed by atoms with E-state index in [4.69, 9.17) is 0 Å². The molecule has 0 radical (unpaired) electrons. The van der Waals surface area contributed by atoms with E-state index in [1.165, 1.54) is 6.42 Å². The van der Waals surface area contributed by atoms with Crippen molar-refractivity contribution in [1.82, 2.24) is 0 Å². The molecule has 2 rings (SSSR count). The maximum absolute atomic E-state index is 11.1. The topological polar surface area (TPSA) is 58.4 Å². The quantitative estimate of drug-likeness (QED) is 0.660. The molecule has 116 valence electrons. The number of hydrogen-bond acceptors (Lipinski definition) is 4. The SMILES string of the molecule is CCCNc1cc(N2CC(C)CC(C)C2)cc([N+](=O)[O-])c1. The monoisotopic (exact) mass is 291 g/mol. The zero-order valence-corrected chi connectivity index (χ0v) is 13.1. The van der Waals surface area contributed by atoms with Crippen LogP contribution in [-0.4, -0.2) is 24.6 Å². The number of nitrogens with zero attached hydrogens (tertiary/aromatic N) is 2. The molecule has 1 saturated heterocycles. The van der Waals surface area contributed by atoms with Gasteiger partial charge in [-0.2, -0.15) is 0 Å². The molecule has 1 aromatic carbocycles. The van der Waals surface area contributed by atoms with Crippen LogP contribution in [0, 0.1) is 22.0 Å². The maximum atomic E-state index is 11.1. The average molecular weight is 291 g/mol. The molecule has 0 aromatic heterocycles. The number of piperidine rings is 1. The maximum Gasteiger partial charge on any atom is 0.273 e. The fourth-order valence-electron chi connectivity index (χ4n) is 3.13. The Kier molecular flexibility index (Phi) is 5.04. The van der Waals surface area contributed by atoms with Crippen molar-refractivity contribution >= 4 is 17.1 Å². The second kappa shape index (κ2) is 6.78. The first-order chi connectivity index (χ1) is 9.99. The largest absolute Gasteiger partial charge is 0.385 e. The highest BCUT2D eigenvalue weighted by atomic mass is 16.6. The van der Waals surface area contributed by atoms with Crippen molar-refractivity contribution in [2.75, 3.05) is 29.9 Å². The summed E-state index contributed by atoms with van der Waals surface area (Å²) in [7, 11) is 0. The molecule has 0 bridgehead atoms. The number of benzene rings is 1. The number of non-ortho nitro benzene ring substituents is 1. The summed E-state index contributed by atoms with van der Waals surface area (Å²) in [5.74, 6) is 1.25. The lowest BCUT2D eigenvalue weighted by atomic mass is 9.91. The molecule has 2 unspecified atom stereocenters. The number of nitrogens with one attached hydrogen (secondary N) is 1. The van der Waals surface area contributed by atoms with Crippen molar-refractivity contribution in [3.63, 3.8) is 0 Å². The first kappa shape index (κ1) is 15.6. The minimum atomic E-state index is -0.308. The molecule has 21 heavy (non-hydrogen) atoms. The zero-order valence-electron chi connectivity index (χ0n) is 13.1. The molecule has 5 heteroatoms. The van der Waals surface area contributed by atoms with Crippen LogP contribution in [0.1, 0.15) is 33.6 Å². The number of nitro groups is 1. The van der Waals surface area contributed by atoms with Crippen LogP contribution >= 0.6 is 0 Å². The van der Waals surface area contributed by atoms with E-state index in [0.717, 1.165) is 37.4 Å². The normalized spacial score (nSPS) is 22.1. The van der Waals surface area contributed by atoms with Gasteiger partial charge in [0.1, 0.15) is 0 Å². The predicted octanol–water partition coefficient (Wildman–Crippen LogP) is 3.90. The molecule has 0 amide bonds. The molecule has 0 spiro atoms. The van der Waals surface area contributed by atoms with Gasteiger partial charge >= 0.3 is 0 Å². The molecule has 1 aromatic rings. The average Bonchev–Trinajstić information content (AvgIpc) is 2.43. The standard InChI is InChI=1S/C16H25N3O2/c1-4-5-17-14-7-15(9-16(8-14)19(20)21)18-10-12(2)6-13(3)11-18/h7-9,12-13,17H,4-6,10-11H2,1-3H3. The van der Waals surface area contributed by atoms with Gasteiger partial charge in [-0.25, -0.2) is 0 Å². The summed E-state index contributed by atoms with van der Waals surface area (Å²) >= 11 is 0. The molecule has 2 atom stereocenters. The highest BCUT2D eigenvalue weighted by molar-refractivity contribution is 5.64. The minimum absolute atomic E-state index is 0.164. The fourth-order valence-corrected chi connectivity index (χ4v) is 3.13. The van der Waals surface area contributed by atoms with Crippen LogP contribution in [0.2, 0.25) is 0 Å². The Hall–Kier alpha value is -1.78. The summed E-state index contributed by atoms with van der Waals surface area (Å²) in [4.78, 5) is 13.1. The van der Waals surface area contributed by atoms with Gasteiger partial charge in [-0.1, -0.05) is 20.8 Å². The van der Waals surface area contributed by atoms with E-state index >= 15 is 0 Å². The third-order valence-electron chi connectivity index (χ3n) is 3.93. The lowest BCUT2D eigenvalue weighted by Crippen LogP contribution is -2.38. The van der Waals surface area contributed by atoms with E-state index in [1.54, 1.807) is 12.1 Å². The van der Waals surface area contributed by atoms with Crippen LogP contribution in [0.15, 0.2) is 18.2 Å². The molecule has 5 nitrogen and oxygen atoms in total.